The van der Waals surface area contributed by atoms with Gasteiger partial charge in [-0.25, -0.2) is 13.2 Å². The molecule has 0 saturated carbocycles. The summed E-state index contributed by atoms with van der Waals surface area (Å²) in [4.78, 5) is 37.4. The van der Waals surface area contributed by atoms with Crippen LogP contribution in [-0.2, 0) is 24.3 Å². The molecular formula is C25H31N3O6S. The summed E-state index contributed by atoms with van der Waals surface area (Å²) >= 11 is 0. The summed E-state index contributed by atoms with van der Waals surface area (Å²) in [6.07, 6.45) is 0.736. The molecule has 188 valence electrons. The van der Waals surface area contributed by atoms with Crippen LogP contribution in [0, 0.1) is 12.8 Å². The molecule has 2 amide bonds. The van der Waals surface area contributed by atoms with Crippen molar-refractivity contribution in [2.45, 2.75) is 44.6 Å². The highest BCUT2D eigenvalue weighted by Gasteiger charge is 2.33. The van der Waals surface area contributed by atoms with E-state index in [2.05, 4.69) is 10.6 Å². The Kier molecular flexibility index (Phi) is 8.63. The molecule has 35 heavy (non-hydrogen) atoms. The van der Waals surface area contributed by atoms with Crippen LogP contribution in [0.3, 0.4) is 0 Å². The summed E-state index contributed by atoms with van der Waals surface area (Å²) in [6.45, 7) is 5.88. The normalized spacial score (nSPS) is 15.7. The molecule has 0 aliphatic carbocycles. The number of aryl methyl sites for hydroxylation is 1. The van der Waals surface area contributed by atoms with Crippen LogP contribution in [0.25, 0.3) is 0 Å². The quantitative estimate of drug-likeness (QED) is 0.537. The van der Waals surface area contributed by atoms with Gasteiger partial charge in [0.25, 0.3) is 0 Å². The van der Waals surface area contributed by atoms with Crippen LogP contribution < -0.4 is 10.6 Å². The first-order valence-corrected chi connectivity index (χ1v) is 13.0. The number of hydrogen-bond acceptors (Lipinski definition) is 6. The Balaban J connectivity index is 1.52. The van der Waals surface area contributed by atoms with Gasteiger partial charge in [0.2, 0.25) is 21.8 Å². The van der Waals surface area contributed by atoms with E-state index in [1.165, 1.54) is 10.4 Å². The minimum absolute atomic E-state index is 0.232. The third kappa shape index (κ3) is 6.67. The summed E-state index contributed by atoms with van der Waals surface area (Å²) < 4.78 is 32.1. The number of piperidine rings is 1. The van der Waals surface area contributed by atoms with Crippen molar-refractivity contribution in [3.05, 3.63) is 59.7 Å². The Morgan fingerprint density at radius 1 is 1.09 bits per heavy atom. The monoisotopic (exact) mass is 501 g/mol. The van der Waals surface area contributed by atoms with Crippen LogP contribution in [0.2, 0.25) is 0 Å². The lowest BCUT2D eigenvalue weighted by Gasteiger charge is -2.31. The van der Waals surface area contributed by atoms with Crippen molar-refractivity contribution < 1.29 is 27.5 Å². The van der Waals surface area contributed by atoms with E-state index < -0.39 is 27.9 Å². The number of esters is 1. The number of amides is 2. The second-order valence-electron chi connectivity index (χ2n) is 8.51. The van der Waals surface area contributed by atoms with Gasteiger partial charge in [0.15, 0.2) is 0 Å². The van der Waals surface area contributed by atoms with Gasteiger partial charge in [0.05, 0.1) is 17.1 Å². The molecule has 2 N–H and O–H groups in total. The number of rotatable bonds is 8. The van der Waals surface area contributed by atoms with Crippen molar-refractivity contribution in [3.8, 4) is 0 Å². The fourth-order valence-corrected chi connectivity index (χ4v) is 5.27. The Morgan fingerprint density at radius 2 is 1.74 bits per heavy atom. The lowest BCUT2D eigenvalue weighted by atomic mass is 9.97. The maximum absolute atomic E-state index is 12.9. The second-order valence-corrected chi connectivity index (χ2v) is 10.5. The van der Waals surface area contributed by atoms with E-state index in [-0.39, 0.29) is 36.4 Å². The molecule has 1 aliphatic heterocycles. The van der Waals surface area contributed by atoms with E-state index in [9.17, 15) is 22.8 Å². The summed E-state index contributed by atoms with van der Waals surface area (Å²) in [5.41, 5.74) is 1.70. The molecule has 0 spiro atoms. The number of ether oxygens (including phenoxy) is 1. The fraction of sp³-hybridized carbons (Fsp3) is 0.400. The Bertz CT molecular complexity index is 1170. The third-order valence-electron chi connectivity index (χ3n) is 5.88. The number of carbonyl (C=O) groups is 3. The van der Waals surface area contributed by atoms with E-state index in [0.717, 1.165) is 5.56 Å². The molecule has 1 unspecified atom stereocenters. The number of benzene rings is 2. The van der Waals surface area contributed by atoms with E-state index in [0.29, 0.717) is 24.1 Å². The van der Waals surface area contributed by atoms with Crippen molar-refractivity contribution in [3.63, 3.8) is 0 Å². The van der Waals surface area contributed by atoms with Crippen LogP contribution in [0.15, 0.2) is 53.4 Å². The van der Waals surface area contributed by atoms with Gasteiger partial charge in [-0.2, -0.15) is 4.31 Å². The van der Waals surface area contributed by atoms with Crippen LogP contribution >= 0.6 is 0 Å². The molecule has 10 heteroatoms. The first kappa shape index (κ1) is 26.4. The van der Waals surface area contributed by atoms with Crippen molar-refractivity contribution in [1.29, 1.82) is 0 Å². The Hall–Kier alpha value is -3.24. The number of nitrogens with one attached hydrogen (secondary N) is 2. The zero-order chi connectivity index (χ0) is 25.6. The van der Waals surface area contributed by atoms with Gasteiger partial charge in [0.1, 0.15) is 6.04 Å². The minimum atomic E-state index is -3.61. The zero-order valence-corrected chi connectivity index (χ0v) is 20.9. The molecule has 1 heterocycles. The number of hydrogen-bond donors (Lipinski definition) is 2. The highest BCUT2D eigenvalue weighted by Crippen LogP contribution is 2.24. The highest BCUT2D eigenvalue weighted by atomic mass is 32.2. The molecule has 0 radical (unpaired) electrons. The number of nitrogens with zero attached hydrogens (tertiary/aromatic N) is 1. The first-order valence-electron chi connectivity index (χ1n) is 11.6. The maximum Gasteiger partial charge on any atom is 0.338 e. The largest absolute Gasteiger partial charge is 0.462 e. The molecule has 1 atom stereocenters. The van der Waals surface area contributed by atoms with Gasteiger partial charge < -0.3 is 15.4 Å². The van der Waals surface area contributed by atoms with Crippen molar-refractivity contribution in [1.82, 2.24) is 9.62 Å². The Morgan fingerprint density at radius 3 is 2.37 bits per heavy atom. The van der Waals surface area contributed by atoms with Crippen molar-refractivity contribution in [2.75, 3.05) is 25.0 Å². The summed E-state index contributed by atoms with van der Waals surface area (Å²) in [5, 5.41) is 5.40. The number of carbonyl (C=O) groups excluding carboxylic acids is 3. The van der Waals surface area contributed by atoms with Crippen LogP contribution in [0.4, 0.5) is 5.69 Å². The second kappa shape index (κ2) is 11.5. The van der Waals surface area contributed by atoms with E-state index in [1.807, 2.05) is 6.92 Å². The van der Waals surface area contributed by atoms with E-state index >= 15 is 0 Å². The average Bonchev–Trinajstić information content (AvgIpc) is 2.84. The molecule has 1 fully saturated rings. The van der Waals surface area contributed by atoms with E-state index in [4.69, 9.17) is 4.74 Å². The average molecular weight is 502 g/mol. The maximum atomic E-state index is 12.9. The topological polar surface area (TPSA) is 122 Å². The van der Waals surface area contributed by atoms with Gasteiger partial charge in [-0.1, -0.05) is 23.8 Å². The van der Waals surface area contributed by atoms with Gasteiger partial charge in [-0.3, -0.25) is 9.59 Å². The molecule has 0 bridgehead atoms. The molecular weight excluding hydrogens is 470 g/mol. The molecule has 2 aromatic rings. The molecule has 0 aromatic heterocycles. The van der Waals surface area contributed by atoms with Crippen molar-refractivity contribution >= 4 is 33.5 Å². The minimum Gasteiger partial charge on any atom is -0.462 e. The lowest BCUT2D eigenvalue weighted by Crippen LogP contribution is -2.47. The molecule has 1 saturated heterocycles. The van der Waals surface area contributed by atoms with E-state index in [1.54, 1.807) is 56.3 Å². The summed E-state index contributed by atoms with van der Waals surface area (Å²) in [7, 11) is -3.61. The predicted molar refractivity (Wildman–Crippen MR) is 131 cm³/mol. The van der Waals surface area contributed by atoms with Gasteiger partial charge in [0, 0.05) is 24.7 Å². The number of anilines is 1. The Labute approximate surface area is 205 Å². The van der Waals surface area contributed by atoms with Crippen molar-refractivity contribution in [2.24, 2.45) is 5.92 Å². The summed E-state index contributed by atoms with van der Waals surface area (Å²) in [6, 6.07) is 12.2. The van der Waals surface area contributed by atoms with Gasteiger partial charge in [-0.05, 0) is 63.9 Å². The smallest absolute Gasteiger partial charge is 0.338 e. The van der Waals surface area contributed by atoms with Crippen LogP contribution in [0.5, 0.6) is 0 Å². The van der Waals surface area contributed by atoms with Gasteiger partial charge in [-0.15, -0.1) is 0 Å². The predicted octanol–water partition coefficient (Wildman–Crippen LogP) is 2.72. The fourth-order valence-electron chi connectivity index (χ4n) is 3.80. The van der Waals surface area contributed by atoms with Crippen LogP contribution in [-0.4, -0.2) is 56.2 Å². The zero-order valence-electron chi connectivity index (χ0n) is 20.1. The third-order valence-corrected chi connectivity index (χ3v) is 7.79. The lowest BCUT2D eigenvalue weighted by molar-refractivity contribution is -0.129. The first-order chi connectivity index (χ1) is 16.6. The van der Waals surface area contributed by atoms with Crippen LogP contribution in [0.1, 0.15) is 42.6 Å². The molecule has 9 nitrogen and oxygen atoms in total. The summed E-state index contributed by atoms with van der Waals surface area (Å²) in [5.74, 6) is -1.60. The molecule has 1 aliphatic rings. The SMILES string of the molecule is CCOC(=O)c1cccc(NC(=O)C(C)NC(=O)C2CCN(S(=O)(=O)c3ccc(C)cc3)CC2)c1. The van der Waals surface area contributed by atoms with Gasteiger partial charge >= 0.3 is 5.97 Å². The molecule has 2 aromatic carbocycles. The number of sulfonamides is 1. The molecule has 3 rings (SSSR count). The highest BCUT2D eigenvalue weighted by molar-refractivity contribution is 7.89. The standard InChI is InChI=1S/C25H31N3O6S/c1-4-34-25(31)20-6-5-7-21(16-20)27-23(29)18(3)26-24(30)19-12-14-28(15-13-19)35(32,33)22-10-8-17(2)9-11-22/h5-11,16,18-19H,4,12-15H2,1-3H3,(H,26,30)(H,27,29).